The molecule has 5 nitrogen and oxygen atoms in total. The Bertz CT molecular complexity index is 922. The van der Waals surface area contributed by atoms with Crippen LogP contribution in [0.2, 0.25) is 0 Å². The number of carbonyl (C=O) groups excluding carboxylic acids is 1. The van der Waals surface area contributed by atoms with Crippen LogP contribution in [0.4, 0.5) is 0 Å². The van der Waals surface area contributed by atoms with Crippen molar-refractivity contribution in [3.05, 3.63) is 72.4 Å². The molecule has 0 unspecified atom stereocenters. The van der Waals surface area contributed by atoms with Crippen LogP contribution in [0.3, 0.4) is 0 Å². The van der Waals surface area contributed by atoms with E-state index in [0.717, 1.165) is 42.8 Å². The minimum Gasteiger partial charge on any atom is -0.466 e. The van der Waals surface area contributed by atoms with Crippen molar-refractivity contribution in [2.75, 3.05) is 6.61 Å². The van der Waals surface area contributed by atoms with Gasteiger partial charge in [-0.1, -0.05) is 36.4 Å². The lowest BCUT2D eigenvalue weighted by atomic mass is 10.1. The number of ether oxygens (including phenoxy) is 1. The van der Waals surface area contributed by atoms with E-state index in [4.69, 9.17) is 9.72 Å². The van der Waals surface area contributed by atoms with Crippen LogP contribution in [-0.2, 0) is 22.5 Å². The lowest BCUT2D eigenvalue weighted by Gasteiger charge is -2.11. The number of hydrogen-bond acceptors (Lipinski definition) is 4. The van der Waals surface area contributed by atoms with E-state index in [0.29, 0.717) is 6.61 Å². The Balaban J connectivity index is 1.55. The fraction of sp³-hybridized carbons (Fsp3) is 0.348. The molecule has 0 saturated heterocycles. The topological polar surface area (TPSA) is 57.0 Å². The molecule has 0 bridgehead atoms. The Kier molecular flexibility index (Phi) is 5.51. The number of nitrogens with zero attached hydrogens (tertiary/aromatic N) is 3. The molecule has 4 rings (SSSR count). The van der Waals surface area contributed by atoms with Gasteiger partial charge in [0.25, 0.3) is 0 Å². The zero-order valence-electron chi connectivity index (χ0n) is 16.1. The van der Waals surface area contributed by atoms with Crippen LogP contribution in [0.25, 0.3) is 11.3 Å². The van der Waals surface area contributed by atoms with Crippen molar-refractivity contribution in [3.63, 3.8) is 0 Å². The maximum Gasteiger partial charge on any atom is 0.309 e. The fourth-order valence-corrected chi connectivity index (χ4v) is 3.78. The molecule has 28 heavy (non-hydrogen) atoms. The van der Waals surface area contributed by atoms with Crippen LogP contribution in [0.5, 0.6) is 0 Å². The van der Waals surface area contributed by atoms with Gasteiger partial charge in [0.2, 0.25) is 0 Å². The molecule has 1 saturated carbocycles. The Labute approximate surface area is 165 Å². The van der Waals surface area contributed by atoms with Gasteiger partial charge in [0.15, 0.2) is 0 Å². The van der Waals surface area contributed by atoms with Gasteiger partial charge in [-0.05, 0) is 37.8 Å². The third-order valence-corrected chi connectivity index (χ3v) is 5.24. The summed E-state index contributed by atoms with van der Waals surface area (Å²) in [5.41, 5.74) is 4.48. The van der Waals surface area contributed by atoms with Gasteiger partial charge in [-0.25, -0.2) is 4.98 Å². The molecule has 5 heteroatoms. The number of benzene rings is 1. The Hall–Kier alpha value is -2.95. The van der Waals surface area contributed by atoms with Crippen LogP contribution in [-0.4, -0.2) is 27.1 Å². The summed E-state index contributed by atoms with van der Waals surface area (Å²) in [6.07, 6.45) is 8.45. The van der Waals surface area contributed by atoms with Crippen molar-refractivity contribution < 1.29 is 9.53 Å². The molecule has 1 fully saturated rings. The fourth-order valence-electron chi connectivity index (χ4n) is 3.78. The summed E-state index contributed by atoms with van der Waals surface area (Å²) in [7, 11) is 0. The molecule has 1 aliphatic rings. The molecule has 2 heterocycles. The van der Waals surface area contributed by atoms with Crippen molar-refractivity contribution in [1.29, 1.82) is 0 Å². The summed E-state index contributed by atoms with van der Waals surface area (Å²) < 4.78 is 7.47. The van der Waals surface area contributed by atoms with Crippen molar-refractivity contribution in [2.24, 2.45) is 5.92 Å². The van der Waals surface area contributed by atoms with Gasteiger partial charge < -0.3 is 9.30 Å². The summed E-state index contributed by atoms with van der Waals surface area (Å²) in [4.78, 5) is 21.1. The highest BCUT2D eigenvalue weighted by molar-refractivity contribution is 5.78. The average molecular weight is 375 g/mol. The maximum absolute atomic E-state index is 12.2. The van der Waals surface area contributed by atoms with Gasteiger partial charge in [-0.15, -0.1) is 0 Å². The second-order valence-electron chi connectivity index (χ2n) is 7.20. The summed E-state index contributed by atoms with van der Waals surface area (Å²) >= 11 is 0. The number of esters is 1. The molecule has 0 amide bonds. The second-order valence-corrected chi connectivity index (χ2v) is 7.20. The van der Waals surface area contributed by atoms with Crippen molar-refractivity contribution in [2.45, 2.75) is 38.6 Å². The molecule has 1 aromatic carbocycles. The lowest BCUT2D eigenvalue weighted by molar-refractivity contribution is -0.144. The molecule has 144 valence electrons. The molecule has 2 atom stereocenters. The highest BCUT2D eigenvalue weighted by atomic mass is 16.5. The SMILES string of the molecule is CCOC(=O)[C@@H]1C[C@@H]1c1c(-c2ccccc2)ncn1CCCc1cccnc1. The van der Waals surface area contributed by atoms with E-state index >= 15 is 0 Å². The van der Waals surface area contributed by atoms with Crippen LogP contribution < -0.4 is 0 Å². The number of carbonyl (C=O) groups is 1. The lowest BCUT2D eigenvalue weighted by Crippen LogP contribution is -2.09. The minimum atomic E-state index is -0.0883. The summed E-state index contributed by atoms with van der Waals surface area (Å²) in [5, 5.41) is 0. The highest BCUT2D eigenvalue weighted by Gasteiger charge is 2.48. The summed E-state index contributed by atoms with van der Waals surface area (Å²) in [6, 6.07) is 14.3. The molecule has 0 aliphatic heterocycles. The smallest absolute Gasteiger partial charge is 0.309 e. The number of rotatable bonds is 8. The number of hydrogen-bond donors (Lipinski definition) is 0. The van der Waals surface area contributed by atoms with Gasteiger partial charge in [0, 0.05) is 36.1 Å². The van der Waals surface area contributed by atoms with Gasteiger partial charge in [0.05, 0.1) is 24.5 Å². The largest absolute Gasteiger partial charge is 0.466 e. The molecule has 0 radical (unpaired) electrons. The van der Waals surface area contributed by atoms with Gasteiger partial charge in [-0.2, -0.15) is 0 Å². The molecule has 1 aliphatic carbocycles. The molecule has 0 spiro atoms. The van der Waals surface area contributed by atoms with E-state index in [1.807, 2.05) is 43.7 Å². The third kappa shape index (κ3) is 3.98. The van der Waals surface area contributed by atoms with Crippen LogP contribution in [0.15, 0.2) is 61.2 Å². The minimum absolute atomic E-state index is 0.0452. The molecule has 3 aromatic rings. The first-order valence-corrected chi connectivity index (χ1v) is 9.94. The van der Waals surface area contributed by atoms with E-state index in [9.17, 15) is 4.79 Å². The van der Waals surface area contributed by atoms with E-state index in [2.05, 4.69) is 27.8 Å². The quantitative estimate of drug-likeness (QED) is 0.553. The van der Waals surface area contributed by atoms with Crippen molar-refractivity contribution in [3.8, 4) is 11.3 Å². The van der Waals surface area contributed by atoms with Crippen LogP contribution in [0, 0.1) is 5.92 Å². The summed E-state index contributed by atoms with van der Waals surface area (Å²) in [5.74, 6) is 0.0564. The first-order chi connectivity index (χ1) is 13.8. The van der Waals surface area contributed by atoms with Gasteiger partial charge >= 0.3 is 5.97 Å². The molecule has 0 N–H and O–H groups in total. The van der Waals surface area contributed by atoms with Gasteiger partial charge in [0.1, 0.15) is 0 Å². The summed E-state index contributed by atoms with van der Waals surface area (Å²) in [6.45, 7) is 3.15. The standard InChI is InChI=1S/C23H25N3O2/c1-2-28-23(27)20-14-19(20)22-21(18-10-4-3-5-11-18)25-16-26(22)13-7-9-17-8-6-12-24-15-17/h3-6,8,10-12,15-16,19-20H,2,7,9,13-14H2,1H3/t19-,20+/m0/s1. The van der Waals surface area contributed by atoms with Crippen molar-refractivity contribution >= 4 is 5.97 Å². The zero-order chi connectivity index (χ0) is 19.3. The number of imidazole rings is 1. The average Bonchev–Trinajstić information content (AvgIpc) is 3.42. The predicted octanol–water partition coefficient (Wildman–Crippen LogP) is 4.24. The maximum atomic E-state index is 12.2. The number of aryl methyl sites for hydroxylation is 2. The molecular formula is C23H25N3O2. The molecular weight excluding hydrogens is 350 g/mol. The third-order valence-electron chi connectivity index (χ3n) is 5.24. The van der Waals surface area contributed by atoms with E-state index in [-0.39, 0.29) is 17.8 Å². The first-order valence-electron chi connectivity index (χ1n) is 9.94. The second kappa shape index (κ2) is 8.38. The number of pyridine rings is 1. The van der Waals surface area contributed by atoms with E-state index < -0.39 is 0 Å². The zero-order valence-corrected chi connectivity index (χ0v) is 16.1. The predicted molar refractivity (Wildman–Crippen MR) is 108 cm³/mol. The van der Waals surface area contributed by atoms with Crippen molar-refractivity contribution in [1.82, 2.24) is 14.5 Å². The Morgan fingerprint density at radius 1 is 1.21 bits per heavy atom. The Morgan fingerprint density at radius 2 is 2.07 bits per heavy atom. The normalized spacial score (nSPS) is 18.0. The molecule has 2 aromatic heterocycles. The Morgan fingerprint density at radius 3 is 2.82 bits per heavy atom. The van der Waals surface area contributed by atoms with E-state index in [1.165, 1.54) is 5.56 Å². The highest BCUT2D eigenvalue weighted by Crippen LogP contribution is 2.50. The van der Waals surface area contributed by atoms with Crippen LogP contribution >= 0.6 is 0 Å². The monoisotopic (exact) mass is 375 g/mol. The van der Waals surface area contributed by atoms with E-state index in [1.54, 1.807) is 6.20 Å². The van der Waals surface area contributed by atoms with Gasteiger partial charge in [-0.3, -0.25) is 9.78 Å². The first kappa shape index (κ1) is 18.4. The van der Waals surface area contributed by atoms with Crippen LogP contribution in [0.1, 0.15) is 36.9 Å². The number of aromatic nitrogens is 3.